The highest BCUT2D eigenvalue weighted by Gasteiger charge is 2.49. The second-order valence-corrected chi connectivity index (χ2v) is 10.7. The molecule has 0 aliphatic rings. The van der Waals surface area contributed by atoms with Gasteiger partial charge in [-0.05, 0) is 59.9 Å². The van der Waals surface area contributed by atoms with E-state index in [1.807, 2.05) is 0 Å². The number of carbonyl (C=O) groups excluding carboxylic acids is 2. The summed E-state index contributed by atoms with van der Waals surface area (Å²) in [6.07, 6.45) is -0.0878. The number of hydrogen-bond donors (Lipinski definition) is 0. The molecule has 0 aliphatic heterocycles. The normalized spacial score (nSPS) is 12.6. The third-order valence-corrected chi connectivity index (χ3v) is 4.68. The summed E-state index contributed by atoms with van der Waals surface area (Å²) in [5.41, 5.74) is -8.28. The Morgan fingerprint density at radius 2 is 1.30 bits per heavy atom. The van der Waals surface area contributed by atoms with Crippen LogP contribution in [-0.2, 0) is 39.8 Å². The molecule has 0 spiro atoms. The molecule has 0 radical (unpaired) electrons. The van der Waals surface area contributed by atoms with Crippen molar-refractivity contribution in [2.75, 3.05) is 0 Å². The zero-order chi connectivity index (χ0) is 25.7. The summed E-state index contributed by atoms with van der Waals surface area (Å²) in [6.45, 7) is 8.83. The Bertz CT molecular complexity index is 938. The van der Waals surface area contributed by atoms with Crippen LogP contribution in [0.4, 0.5) is 13.2 Å². The molecule has 0 atom stereocenters. The number of benzene rings is 1. The van der Waals surface area contributed by atoms with E-state index in [4.69, 9.17) is 9.47 Å². The third-order valence-electron chi connectivity index (χ3n) is 3.69. The van der Waals surface area contributed by atoms with Crippen molar-refractivity contribution in [1.82, 2.24) is 0 Å². The topological polar surface area (TPSA) is 96.0 Å². The maximum absolute atomic E-state index is 13.0. The molecule has 0 saturated heterocycles. The molecule has 11 heteroatoms. The number of ether oxygens (including phenoxy) is 2. The summed E-state index contributed by atoms with van der Waals surface area (Å²) in [7, 11) is -6.16. The van der Waals surface area contributed by atoms with Crippen LogP contribution in [-0.4, -0.2) is 37.1 Å². The standard InChI is InChI=1S/C22H29F3O7S/c1-20(2,3)30-18(26)17(19(27)31-21(4,5)6)16(32-33(28,29)22(23,24)25)14-10-13-15-11-8-7-9-12-15/h7-9,11-12H,10,13-14H2,1-6H3. The Kier molecular flexibility index (Phi) is 9.13. The smallest absolute Gasteiger partial charge is 0.456 e. The minimum Gasteiger partial charge on any atom is -0.456 e. The molecule has 186 valence electrons. The highest BCUT2D eigenvalue weighted by Crippen LogP contribution is 2.30. The van der Waals surface area contributed by atoms with Gasteiger partial charge in [0.15, 0.2) is 5.57 Å². The van der Waals surface area contributed by atoms with Gasteiger partial charge in [0.1, 0.15) is 17.0 Å². The number of carbonyl (C=O) groups is 2. The highest BCUT2D eigenvalue weighted by atomic mass is 32.2. The fourth-order valence-corrected chi connectivity index (χ4v) is 2.98. The molecule has 0 aliphatic carbocycles. The minimum atomic E-state index is -6.16. The van der Waals surface area contributed by atoms with Crippen molar-refractivity contribution >= 4 is 22.1 Å². The van der Waals surface area contributed by atoms with Crippen molar-refractivity contribution < 1.29 is 44.8 Å². The Morgan fingerprint density at radius 3 is 1.70 bits per heavy atom. The van der Waals surface area contributed by atoms with E-state index in [9.17, 15) is 31.2 Å². The molecule has 0 fully saturated rings. The van der Waals surface area contributed by atoms with Crippen molar-refractivity contribution in [3.63, 3.8) is 0 Å². The molecule has 0 unspecified atom stereocenters. The van der Waals surface area contributed by atoms with E-state index in [1.165, 1.54) is 41.5 Å². The average molecular weight is 495 g/mol. The van der Waals surface area contributed by atoms with Crippen LogP contribution in [0.2, 0.25) is 0 Å². The summed E-state index contributed by atoms with van der Waals surface area (Å²) in [5.74, 6) is -3.71. The summed E-state index contributed by atoms with van der Waals surface area (Å²) in [6, 6.07) is 8.81. The minimum absolute atomic E-state index is 0.0712. The second-order valence-electron chi connectivity index (χ2n) is 9.12. The largest absolute Gasteiger partial charge is 0.534 e. The van der Waals surface area contributed by atoms with Gasteiger partial charge < -0.3 is 13.7 Å². The predicted molar refractivity (Wildman–Crippen MR) is 114 cm³/mol. The van der Waals surface area contributed by atoms with Crippen LogP contribution < -0.4 is 0 Å². The maximum Gasteiger partial charge on any atom is 0.534 e. The van der Waals surface area contributed by atoms with Gasteiger partial charge >= 0.3 is 27.6 Å². The van der Waals surface area contributed by atoms with Crippen molar-refractivity contribution in [2.45, 2.75) is 77.5 Å². The number of alkyl halides is 3. The zero-order valence-corrected chi connectivity index (χ0v) is 20.2. The van der Waals surface area contributed by atoms with Crippen LogP contribution in [0.3, 0.4) is 0 Å². The van der Waals surface area contributed by atoms with E-state index < -0.39 is 56.5 Å². The predicted octanol–water partition coefficient (Wildman–Crippen LogP) is 4.81. The zero-order valence-electron chi connectivity index (χ0n) is 19.4. The van der Waals surface area contributed by atoms with E-state index >= 15 is 0 Å². The van der Waals surface area contributed by atoms with E-state index in [0.29, 0.717) is 6.42 Å². The van der Waals surface area contributed by atoms with Crippen LogP contribution in [0.1, 0.15) is 59.9 Å². The van der Waals surface area contributed by atoms with Crippen molar-refractivity contribution in [2.24, 2.45) is 0 Å². The Morgan fingerprint density at radius 1 is 0.848 bits per heavy atom. The van der Waals surface area contributed by atoms with E-state index in [1.54, 1.807) is 30.3 Å². The van der Waals surface area contributed by atoms with Gasteiger partial charge in [0.2, 0.25) is 0 Å². The van der Waals surface area contributed by atoms with Gasteiger partial charge in [-0.2, -0.15) is 21.6 Å². The quantitative estimate of drug-likeness (QED) is 0.0973. The van der Waals surface area contributed by atoms with Crippen LogP contribution in [0.25, 0.3) is 0 Å². The number of hydrogen-bond acceptors (Lipinski definition) is 7. The fourth-order valence-electron chi connectivity index (χ4n) is 2.46. The first-order valence-electron chi connectivity index (χ1n) is 10.1. The van der Waals surface area contributed by atoms with Gasteiger partial charge in [-0.1, -0.05) is 30.3 Å². The lowest BCUT2D eigenvalue weighted by Gasteiger charge is -2.24. The summed E-state index contributed by atoms with van der Waals surface area (Å²) < 4.78 is 77.1. The van der Waals surface area contributed by atoms with Gasteiger partial charge in [0.25, 0.3) is 0 Å². The number of allylic oxidation sites excluding steroid dienone is 1. The number of aryl methyl sites for hydroxylation is 1. The Hall–Kier alpha value is -2.56. The van der Waals surface area contributed by atoms with Crippen molar-refractivity contribution in [3.05, 3.63) is 47.2 Å². The first kappa shape index (κ1) is 28.5. The SMILES string of the molecule is CC(C)(C)OC(=O)C(C(=O)OC(C)(C)C)=C(CCCc1ccccc1)OS(=O)(=O)C(F)(F)F. The number of halogens is 3. The van der Waals surface area contributed by atoms with Gasteiger partial charge in [-0.25, -0.2) is 9.59 Å². The molecule has 0 saturated carbocycles. The summed E-state index contributed by atoms with van der Waals surface area (Å²) in [5, 5.41) is 0. The van der Waals surface area contributed by atoms with Gasteiger partial charge in [0, 0.05) is 6.42 Å². The first-order chi connectivity index (χ1) is 14.8. The molecule has 0 amide bonds. The lowest BCUT2D eigenvalue weighted by molar-refractivity contribution is -0.158. The molecular weight excluding hydrogens is 465 g/mol. The lowest BCUT2D eigenvalue weighted by Crippen LogP contribution is -2.33. The summed E-state index contributed by atoms with van der Waals surface area (Å²) >= 11 is 0. The first-order valence-corrected chi connectivity index (χ1v) is 11.5. The van der Waals surface area contributed by atoms with E-state index in [0.717, 1.165) is 5.56 Å². The van der Waals surface area contributed by atoms with Gasteiger partial charge in [-0.15, -0.1) is 0 Å². The lowest BCUT2D eigenvalue weighted by atomic mass is 10.1. The Balaban J connectivity index is 3.50. The van der Waals surface area contributed by atoms with Crippen LogP contribution in [0.5, 0.6) is 0 Å². The maximum atomic E-state index is 13.0. The molecule has 0 bridgehead atoms. The monoisotopic (exact) mass is 494 g/mol. The molecule has 7 nitrogen and oxygen atoms in total. The Labute approximate surface area is 192 Å². The second kappa shape index (κ2) is 10.6. The summed E-state index contributed by atoms with van der Waals surface area (Å²) in [4.78, 5) is 25.5. The number of esters is 2. The van der Waals surface area contributed by atoms with E-state index in [-0.39, 0.29) is 6.42 Å². The molecule has 1 aromatic carbocycles. The van der Waals surface area contributed by atoms with Crippen molar-refractivity contribution in [3.8, 4) is 0 Å². The molecule has 1 rings (SSSR count). The average Bonchev–Trinajstić information content (AvgIpc) is 2.58. The molecule has 0 heterocycles. The molecule has 33 heavy (non-hydrogen) atoms. The van der Waals surface area contributed by atoms with Gasteiger partial charge in [-0.3, -0.25) is 0 Å². The molecule has 0 aromatic heterocycles. The van der Waals surface area contributed by atoms with Crippen molar-refractivity contribution in [1.29, 1.82) is 0 Å². The molecule has 1 aromatic rings. The van der Waals surface area contributed by atoms with Crippen LogP contribution in [0.15, 0.2) is 41.7 Å². The van der Waals surface area contributed by atoms with Gasteiger partial charge in [0.05, 0.1) is 0 Å². The fraction of sp³-hybridized carbons (Fsp3) is 0.545. The van der Waals surface area contributed by atoms with Crippen LogP contribution >= 0.6 is 0 Å². The highest BCUT2D eigenvalue weighted by molar-refractivity contribution is 7.87. The number of rotatable bonds is 8. The van der Waals surface area contributed by atoms with Crippen LogP contribution in [0, 0.1) is 0 Å². The third kappa shape index (κ3) is 9.85. The molecule has 0 N–H and O–H groups in total. The molecular formula is C22H29F3O7S. The van der Waals surface area contributed by atoms with E-state index in [2.05, 4.69) is 4.18 Å².